The van der Waals surface area contributed by atoms with Crippen LogP contribution in [0.3, 0.4) is 0 Å². The molecule has 94 valence electrons. The molecule has 0 saturated carbocycles. The van der Waals surface area contributed by atoms with Gasteiger partial charge in [-0.2, -0.15) is 0 Å². The van der Waals surface area contributed by atoms with E-state index in [0.717, 1.165) is 0 Å². The van der Waals surface area contributed by atoms with E-state index in [2.05, 4.69) is 26.2 Å². The lowest BCUT2D eigenvalue weighted by Gasteiger charge is -2.06. The minimum atomic E-state index is -0.259. The van der Waals surface area contributed by atoms with E-state index in [1.165, 1.54) is 6.20 Å². The number of rotatable bonds is 2. The molecule has 2 rings (SSSR count). The van der Waals surface area contributed by atoms with Gasteiger partial charge in [0, 0.05) is 13.2 Å². The first-order valence-electron chi connectivity index (χ1n) is 5.01. The molecule has 3 N–H and O–H groups in total. The molecule has 2 heterocycles. The fraction of sp³-hybridized carbons (Fsp3) is 0.0909. The zero-order valence-electron chi connectivity index (χ0n) is 9.45. The number of nitrogens with one attached hydrogen (secondary N) is 1. The number of amides is 1. The van der Waals surface area contributed by atoms with Crippen molar-refractivity contribution in [2.75, 3.05) is 11.1 Å². The highest BCUT2D eigenvalue weighted by molar-refractivity contribution is 9.10. The molecule has 0 aromatic carbocycles. The van der Waals surface area contributed by atoms with Crippen molar-refractivity contribution in [3.63, 3.8) is 0 Å². The second-order valence-corrected chi connectivity index (χ2v) is 4.93. The molecule has 0 spiro atoms. The van der Waals surface area contributed by atoms with Gasteiger partial charge in [0.05, 0.1) is 22.0 Å². The number of nitrogen functional groups attached to an aromatic ring is 1. The summed E-state index contributed by atoms with van der Waals surface area (Å²) in [7, 11) is 1.75. The molecule has 0 bridgehead atoms. The van der Waals surface area contributed by atoms with Gasteiger partial charge in [0.15, 0.2) is 0 Å². The molecular weight excluding hydrogens is 320 g/mol. The van der Waals surface area contributed by atoms with E-state index in [4.69, 9.17) is 17.3 Å². The molecular formula is C11H10BrClN4O. The average Bonchev–Trinajstić information content (AvgIpc) is 2.63. The van der Waals surface area contributed by atoms with Gasteiger partial charge in [-0.15, -0.1) is 0 Å². The molecule has 2 aromatic rings. The number of aromatic nitrogens is 2. The van der Waals surface area contributed by atoms with Crippen molar-refractivity contribution in [3.05, 3.63) is 39.8 Å². The highest BCUT2D eigenvalue weighted by atomic mass is 79.9. The Bertz CT molecular complexity index is 611. The van der Waals surface area contributed by atoms with Crippen LogP contribution >= 0.6 is 27.5 Å². The van der Waals surface area contributed by atoms with Crippen LogP contribution in [0.1, 0.15) is 10.5 Å². The Hall–Kier alpha value is -1.53. The minimum Gasteiger partial charge on any atom is -0.397 e. The molecule has 0 radical (unpaired) electrons. The van der Waals surface area contributed by atoms with Crippen molar-refractivity contribution >= 4 is 44.8 Å². The zero-order valence-corrected chi connectivity index (χ0v) is 11.8. The van der Waals surface area contributed by atoms with Crippen LogP contribution in [0, 0.1) is 0 Å². The SMILES string of the molecule is Cn1cc(N)cc1C(=O)Nc1cnc(Cl)c(Br)c1. The number of nitrogens with two attached hydrogens (primary N) is 1. The number of nitrogens with zero attached hydrogens (tertiary/aromatic N) is 2. The van der Waals surface area contributed by atoms with Crippen molar-refractivity contribution in [2.45, 2.75) is 0 Å². The maximum absolute atomic E-state index is 12.0. The summed E-state index contributed by atoms with van der Waals surface area (Å²) in [5.74, 6) is -0.259. The van der Waals surface area contributed by atoms with E-state index in [1.54, 1.807) is 29.9 Å². The van der Waals surface area contributed by atoms with Crippen LogP contribution in [0.4, 0.5) is 11.4 Å². The molecule has 5 nitrogen and oxygen atoms in total. The number of carbonyl (C=O) groups excluding carboxylic acids is 1. The number of halogens is 2. The third kappa shape index (κ3) is 2.65. The maximum atomic E-state index is 12.0. The third-order valence-corrected chi connectivity index (χ3v) is 3.45. The third-order valence-electron chi connectivity index (χ3n) is 2.31. The quantitative estimate of drug-likeness (QED) is 0.832. The van der Waals surface area contributed by atoms with Gasteiger partial charge in [0.1, 0.15) is 10.8 Å². The van der Waals surface area contributed by atoms with Gasteiger partial charge in [-0.25, -0.2) is 4.98 Å². The highest BCUT2D eigenvalue weighted by Gasteiger charge is 2.11. The lowest BCUT2D eigenvalue weighted by molar-refractivity contribution is 0.101. The summed E-state index contributed by atoms with van der Waals surface area (Å²) in [6.45, 7) is 0. The van der Waals surface area contributed by atoms with Gasteiger partial charge in [-0.1, -0.05) is 11.6 Å². The van der Waals surface area contributed by atoms with Gasteiger partial charge < -0.3 is 15.6 Å². The Labute approximate surface area is 117 Å². The maximum Gasteiger partial charge on any atom is 0.272 e. The Balaban J connectivity index is 2.21. The summed E-state index contributed by atoms with van der Waals surface area (Å²) < 4.78 is 2.27. The first-order valence-corrected chi connectivity index (χ1v) is 6.18. The molecule has 1 amide bonds. The molecule has 0 aliphatic carbocycles. The number of hydrogen-bond acceptors (Lipinski definition) is 3. The molecule has 2 aromatic heterocycles. The van der Waals surface area contributed by atoms with Crippen molar-refractivity contribution in [1.29, 1.82) is 0 Å². The van der Waals surface area contributed by atoms with E-state index in [1.807, 2.05) is 0 Å². The van der Waals surface area contributed by atoms with Gasteiger partial charge in [0.25, 0.3) is 5.91 Å². The zero-order chi connectivity index (χ0) is 13.3. The molecule has 18 heavy (non-hydrogen) atoms. The predicted molar refractivity (Wildman–Crippen MR) is 74.7 cm³/mol. The van der Waals surface area contributed by atoms with Crippen molar-refractivity contribution < 1.29 is 4.79 Å². The van der Waals surface area contributed by atoms with Crippen LogP contribution in [-0.2, 0) is 7.05 Å². The average molecular weight is 330 g/mol. The van der Waals surface area contributed by atoms with Gasteiger partial charge >= 0.3 is 0 Å². The normalized spacial score (nSPS) is 10.4. The smallest absolute Gasteiger partial charge is 0.272 e. The Morgan fingerprint density at radius 2 is 2.28 bits per heavy atom. The number of anilines is 2. The predicted octanol–water partition coefficient (Wildman–Crippen LogP) is 2.67. The first-order chi connectivity index (χ1) is 8.47. The monoisotopic (exact) mass is 328 g/mol. The molecule has 7 heteroatoms. The van der Waals surface area contributed by atoms with E-state index in [9.17, 15) is 4.79 Å². The topological polar surface area (TPSA) is 72.9 Å². The van der Waals surface area contributed by atoms with Crippen LogP contribution in [0.15, 0.2) is 29.0 Å². The fourth-order valence-corrected chi connectivity index (χ4v) is 1.95. The largest absolute Gasteiger partial charge is 0.397 e. The molecule has 0 aliphatic heterocycles. The summed E-state index contributed by atoms with van der Waals surface area (Å²) in [5, 5.41) is 3.06. The van der Waals surface area contributed by atoms with Crippen molar-refractivity contribution in [1.82, 2.24) is 9.55 Å². The second-order valence-electron chi connectivity index (χ2n) is 3.72. The van der Waals surface area contributed by atoms with E-state index >= 15 is 0 Å². The molecule has 0 fully saturated rings. The van der Waals surface area contributed by atoms with E-state index in [-0.39, 0.29) is 5.91 Å². The number of carbonyl (C=O) groups is 1. The Morgan fingerprint density at radius 1 is 1.56 bits per heavy atom. The molecule has 0 aliphatic rings. The standard InChI is InChI=1S/C11H10BrClN4O/c1-17-5-6(14)2-9(17)11(18)16-7-3-8(12)10(13)15-4-7/h2-5H,14H2,1H3,(H,16,18). The molecule has 0 saturated heterocycles. The van der Waals surface area contributed by atoms with Gasteiger partial charge in [-0.05, 0) is 28.1 Å². The summed E-state index contributed by atoms with van der Waals surface area (Å²) in [5.41, 5.74) is 7.18. The number of pyridine rings is 1. The molecule has 0 atom stereocenters. The number of aryl methyl sites for hydroxylation is 1. The summed E-state index contributed by atoms with van der Waals surface area (Å²) in [4.78, 5) is 15.9. The number of hydrogen-bond donors (Lipinski definition) is 2. The van der Waals surface area contributed by atoms with Gasteiger partial charge in [-0.3, -0.25) is 4.79 Å². The van der Waals surface area contributed by atoms with E-state index in [0.29, 0.717) is 26.7 Å². The van der Waals surface area contributed by atoms with Crippen molar-refractivity contribution in [3.8, 4) is 0 Å². The van der Waals surface area contributed by atoms with Crippen molar-refractivity contribution in [2.24, 2.45) is 7.05 Å². The lowest BCUT2D eigenvalue weighted by atomic mass is 10.3. The highest BCUT2D eigenvalue weighted by Crippen LogP contribution is 2.23. The molecule has 0 unspecified atom stereocenters. The minimum absolute atomic E-state index is 0.259. The van der Waals surface area contributed by atoms with Crippen LogP contribution < -0.4 is 11.1 Å². The second kappa shape index (κ2) is 4.99. The first kappa shape index (κ1) is 12.9. The van der Waals surface area contributed by atoms with Crippen LogP contribution in [-0.4, -0.2) is 15.5 Å². The summed E-state index contributed by atoms with van der Waals surface area (Å²) in [6, 6.07) is 3.28. The van der Waals surface area contributed by atoms with Crippen LogP contribution in [0.5, 0.6) is 0 Å². The summed E-state index contributed by atoms with van der Waals surface area (Å²) >= 11 is 9.01. The van der Waals surface area contributed by atoms with Gasteiger partial charge in [0.2, 0.25) is 0 Å². The Morgan fingerprint density at radius 3 is 2.83 bits per heavy atom. The van der Waals surface area contributed by atoms with E-state index < -0.39 is 0 Å². The lowest BCUT2D eigenvalue weighted by Crippen LogP contribution is -2.15. The fourth-order valence-electron chi connectivity index (χ4n) is 1.50. The summed E-state index contributed by atoms with van der Waals surface area (Å²) in [6.07, 6.45) is 3.15. The van der Waals surface area contributed by atoms with Crippen LogP contribution in [0.25, 0.3) is 0 Å². The Kier molecular flexibility index (Phi) is 3.58. The van der Waals surface area contributed by atoms with Crippen LogP contribution in [0.2, 0.25) is 5.15 Å².